The first-order valence-electron chi connectivity index (χ1n) is 6.53. The summed E-state index contributed by atoms with van der Waals surface area (Å²) in [7, 11) is 0. The molecule has 0 bridgehead atoms. The summed E-state index contributed by atoms with van der Waals surface area (Å²) in [5, 5.41) is 11.5. The quantitative estimate of drug-likeness (QED) is 0.843. The smallest absolute Gasteiger partial charge is 0.236 e. The van der Waals surface area contributed by atoms with E-state index in [-0.39, 0.29) is 0 Å². The number of nitrogens with zero attached hydrogens (tertiary/aromatic N) is 3. The van der Waals surface area contributed by atoms with Gasteiger partial charge in [-0.05, 0) is 24.5 Å². The molecular weight excluding hydrogens is 228 g/mol. The number of aromatic nitrogens is 3. The van der Waals surface area contributed by atoms with Crippen molar-refractivity contribution in [1.82, 2.24) is 20.1 Å². The largest absolute Gasteiger partial charge is 0.423 e. The number of hydrogen-bond acceptors (Lipinski definition) is 4. The molecule has 0 aromatic carbocycles. The summed E-state index contributed by atoms with van der Waals surface area (Å²) in [5.41, 5.74) is 1.30. The number of rotatable bonds is 6. The van der Waals surface area contributed by atoms with E-state index in [4.69, 9.17) is 4.42 Å². The molecule has 5 nitrogen and oxygen atoms in total. The van der Waals surface area contributed by atoms with Crippen LogP contribution in [0.3, 0.4) is 0 Å². The van der Waals surface area contributed by atoms with Crippen molar-refractivity contribution in [3.63, 3.8) is 0 Å². The van der Waals surface area contributed by atoms with Gasteiger partial charge in [-0.3, -0.25) is 0 Å². The molecule has 2 aromatic heterocycles. The minimum Gasteiger partial charge on any atom is -0.423 e. The van der Waals surface area contributed by atoms with Crippen LogP contribution in [0.4, 0.5) is 0 Å². The molecule has 0 aliphatic heterocycles. The Balaban J connectivity index is 1.58. The minimum atomic E-state index is 0.649. The van der Waals surface area contributed by atoms with Gasteiger partial charge in [-0.25, -0.2) is 0 Å². The van der Waals surface area contributed by atoms with E-state index in [9.17, 15) is 0 Å². The molecule has 2 heterocycles. The normalized spacial score (nSPS) is 15.2. The molecule has 0 spiro atoms. The van der Waals surface area contributed by atoms with E-state index in [1.54, 1.807) is 0 Å². The average molecular weight is 246 g/mol. The Morgan fingerprint density at radius 3 is 2.94 bits per heavy atom. The van der Waals surface area contributed by atoms with E-state index < -0.39 is 0 Å². The Hall–Kier alpha value is -1.62. The molecule has 1 saturated carbocycles. The van der Waals surface area contributed by atoms with Crippen LogP contribution >= 0.6 is 0 Å². The van der Waals surface area contributed by atoms with E-state index in [2.05, 4.69) is 38.5 Å². The van der Waals surface area contributed by atoms with Gasteiger partial charge >= 0.3 is 0 Å². The molecule has 96 valence electrons. The van der Waals surface area contributed by atoms with Crippen LogP contribution in [-0.2, 0) is 19.5 Å². The zero-order valence-corrected chi connectivity index (χ0v) is 10.6. The molecule has 5 heteroatoms. The van der Waals surface area contributed by atoms with Crippen molar-refractivity contribution in [2.45, 2.75) is 45.3 Å². The average Bonchev–Trinajstić information content (AvgIpc) is 2.93. The second kappa shape index (κ2) is 4.94. The lowest BCUT2D eigenvalue weighted by atomic mass is 10.3. The third-order valence-corrected chi connectivity index (χ3v) is 3.11. The Labute approximate surface area is 106 Å². The topological polar surface area (TPSA) is 55.9 Å². The van der Waals surface area contributed by atoms with Crippen LogP contribution in [0.2, 0.25) is 0 Å². The number of nitrogens with one attached hydrogen (secondary N) is 1. The molecule has 0 atom stereocenters. The van der Waals surface area contributed by atoms with Crippen LogP contribution in [-0.4, -0.2) is 20.8 Å². The van der Waals surface area contributed by atoms with E-state index >= 15 is 0 Å². The van der Waals surface area contributed by atoms with Gasteiger partial charge in [0.25, 0.3) is 0 Å². The zero-order chi connectivity index (χ0) is 12.4. The van der Waals surface area contributed by atoms with Gasteiger partial charge in [-0.1, -0.05) is 6.92 Å². The van der Waals surface area contributed by atoms with Crippen LogP contribution in [0.25, 0.3) is 0 Å². The maximum atomic E-state index is 5.50. The minimum absolute atomic E-state index is 0.649. The molecule has 1 aliphatic rings. The fourth-order valence-corrected chi connectivity index (χ4v) is 1.89. The van der Waals surface area contributed by atoms with Crippen LogP contribution in [0, 0.1) is 0 Å². The lowest BCUT2D eigenvalue weighted by molar-refractivity contribution is 0.442. The molecule has 3 rings (SSSR count). The lowest BCUT2D eigenvalue weighted by Gasteiger charge is -1.99. The van der Waals surface area contributed by atoms with E-state index in [0.717, 1.165) is 19.0 Å². The van der Waals surface area contributed by atoms with Gasteiger partial charge in [0, 0.05) is 31.4 Å². The third-order valence-electron chi connectivity index (χ3n) is 3.11. The van der Waals surface area contributed by atoms with Gasteiger partial charge in [0.1, 0.15) is 6.54 Å². The van der Waals surface area contributed by atoms with Gasteiger partial charge in [-0.15, -0.1) is 10.2 Å². The van der Waals surface area contributed by atoms with Crippen LogP contribution in [0.5, 0.6) is 0 Å². The molecule has 18 heavy (non-hydrogen) atoms. The number of aryl methyl sites for hydroxylation is 1. The van der Waals surface area contributed by atoms with Crippen molar-refractivity contribution in [1.29, 1.82) is 0 Å². The van der Waals surface area contributed by atoms with Crippen LogP contribution in [0.15, 0.2) is 22.9 Å². The number of hydrogen-bond donors (Lipinski definition) is 1. The Morgan fingerprint density at radius 1 is 1.39 bits per heavy atom. The highest BCUT2D eigenvalue weighted by atomic mass is 16.4. The highest BCUT2D eigenvalue weighted by Crippen LogP contribution is 2.19. The molecule has 1 aliphatic carbocycles. The van der Waals surface area contributed by atoms with Crippen molar-refractivity contribution < 1.29 is 4.42 Å². The van der Waals surface area contributed by atoms with E-state index in [0.29, 0.717) is 18.3 Å². The van der Waals surface area contributed by atoms with Gasteiger partial charge in [0.15, 0.2) is 0 Å². The standard InChI is InChI=1S/C13H18N4O/c1-2-12-15-16-13(18-12)9-17-6-5-10(8-17)7-14-11-3-4-11/h5-6,8,11,14H,2-4,7,9H2,1H3. The van der Waals surface area contributed by atoms with E-state index in [1.165, 1.54) is 18.4 Å². The molecule has 1 fully saturated rings. The van der Waals surface area contributed by atoms with Crippen molar-refractivity contribution in [2.75, 3.05) is 0 Å². The highest BCUT2D eigenvalue weighted by molar-refractivity contribution is 5.11. The Morgan fingerprint density at radius 2 is 2.22 bits per heavy atom. The summed E-state index contributed by atoms with van der Waals surface area (Å²) in [6, 6.07) is 2.88. The summed E-state index contributed by atoms with van der Waals surface area (Å²) in [5.74, 6) is 1.37. The second-order valence-corrected chi connectivity index (χ2v) is 4.79. The molecular formula is C13H18N4O. The maximum Gasteiger partial charge on any atom is 0.236 e. The summed E-state index contributed by atoms with van der Waals surface area (Å²) < 4.78 is 7.58. The molecule has 0 unspecified atom stereocenters. The van der Waals surface area contributed by atoms with Crippen molar-refractivity contribution in [2.24, 2.45) is 0 Å². The fraction of sp³-hybridized carbons (Fsp3) is 0.538. The molecule has 0 radical (unpaired) electrons. The van der Waals surface area contributed by atoms with Crippen molar-refractivity contribution in [3.8, 4) is 0 Å². The van der Waals surface area contributed by atoms with E-state index in [1.807, 2.05) is 6.92 Å². The molecule has 0 amide bonds. The Kier molecular flexibility index (Phi) is 3.15. The maximum absolute atomic E-state index is 5.50. The highest BCUT2D eigenvalue weighted by Gasteiger charge is 2.20. The van der Waals surface area contributed by atoms with Gasteiger partial charge < -0.3 is 14.3 Å². The van der Waals surface area contributed by atoms with Gasteiger partial charge in [0.2, 0.25) is 11.8 Å². The molecule has 1 N–H and O–H groups in total. The first kappa shape index (κ1) is 11.5. The third kappa shape index (κ3) is 2.79. The summed E-state index contributed by atoms with van der Waals surface area (Å²) in [6.07, 6.45) is 7.62. The second-order valence-electron chi connectivity index (χ2n) is 4.79. The fourth-order valence-electron chi connectivity index (χ4n) is 1.89. The van der Waals surface area contributed by atoms with Crippen LogP contribution < -0.4 is 5.32 Å². The summed E-state index contributed by atoms with van der Waals surface area (Å²) in [6.45, 7) is 3.60. The summed E-state index contributed by atoms with van der Waals surface area (Å²) in [4.78, 5) is 0. The zero-order valence-electron chi connectivity index (χ0n) is 10.6. The van der Waals surface area contributed by atoms with Gasteiger partial charge in [0.05, 0.1) is 0 Å². The van der Waals surface area contributed by atoms with Gasteiger partial charge in [-0.2, -0.15) is 0 Å². The first-order chi connectivity index (χ1) is 8.83. The van der Waals surface area contributed by atoms with Crippen molar-refractivity contribution in [3.05, 3.63) is 35.8 Å². The predicted octanol–water partition coefficient (Wildman–Crippen LogP) is 1.73. The predicted molar refractivity (Wildman–Crippen MR) is 67.1 cm³/mol. The molecule has 2 aromatic rings. The van der Waals surface area contributed by atoms with Crippen molar-refractivity contribution >= 4 is 0 Å². The Bertz CT molecular complexity index is 513. The molecule has 0 saturated heterocycles. The lowest BCUT2D eigenvalue weighted by Crippen LogP contribution is -2.14. The SMILES string of the molecule is CCc1nnc(Cn2ccc(CNC3CC3)c2)o1. The summed E-state index contributed by atoms with van der Waals surface area (Å²) >= 11 is 0. The monoisotopic (exact) mass is 246 g/mol. The van der Waals surface area contributed by atoms with Crippen LogP contribution in [0.1, 0.15) is 37.1 Å². The first-order valence-corrected chi connectivity index (χ1v) is 6.53.